The number of carbonyl (C=O) groups excluding carboxylic acids is 3. The van der Waals surface area contributed by atoms with Gasteiger partial charge in [-0.25, -0.2) is 9.59 Å². The van der Waals surface area contributed by atoms with Crippen molar-refractivity contribution >= 4 is 17.9 Å². The van der Waals surface area contributed by atoms with Crippen molar-refractivity contribution in [1.29, 1.82) is 0 Å². The molecule has 0 bridgehead atoms. The van der Waals surface area contributed by atoms with Crippen molar-refractivity contribution in [2.24, 2.45) is 0 Å². The molecule has 3 rings (SSSR count). The van der Waals surface area contributed by atoms with E-state index in [1.165, 1.54) is 12.0 Å². The Morgan fingerprint density at radius 2 is 1.73 bits per heavy atom. The van der Waals surface area contributed by atoms with E-state index < -0.39 is 12.0 Å². The second-order valence-corrected chi connectivity index (χ2v) is 6.14. The monoisotopic (exact) mass is 352 g/mol. The summed E-state index contributed by atoms with van der Waals surface area (Å²) in [4.78, 5) is 37.3. The van der Waals surface area contributed by atoms with Crippen LogP contribution in [0.3, 0.4) is 0 Å². The fourth-order valence-electron chi connectivity index (χ4n) is 2.92. The molecule has 1 atom stereocenters. The van der Waals surface area contributed by atoms with Crippen LogP contribution in [0.1, 0.15) is 27.9 Å². The van der Waals surface area contributed by atoms with Gasteiger partial charge in [0.25, 0.3) is 5.91 Å². The summed E-state index contributed by atoms with van der Waals surface area (Å²) >= 11 is 0. The molecule has 1 aliphatic heterocycles. The van der Waals surface area contributed by atoms with Crippen molar-refractivity contribution in [2.75, 3.05) is 7.11 Å². The van der Waals surface area contributed by atoms with Gasteiger partial charge in [-0.1, -0.05) is 42.5 Å². The maximum Gasteiger partial charge on any atom is 0.337 e. The molecule has 1 heterocycles. The van der Waals surface area contributed by atoms with Crippen LogP contribution in [0.5, 0.6) is 0 Å². The average Bonchev–Trinajstić information content (AvgIpc) is 2.94. The lowest BCUT2D eigenvalue weighted by Gasteiger charge is -2.13. The molecule has 0 aromatic heterocycles. The summed E-state index contributed by atoms with van der Waals surface area (Å²) in [5, 5.41) is 2.75. The van der Waals surface area contributed by atoms with Crippen molar-refractivity contribution in [3.63, 3.8) is 0 Å². The van der Waals surface area contributed by atoms with Crippen LogP contribution >= 0.6 is 0 Å². The molecule has 26 heavy (non-hydrogen) atoms. The molecule has 3 amide bonds. The molecular formula is C20H20N2O4. The van der Waals surface area contributed by atoms with Crippen molar-refractivity contribution in [3.8, 4) is 0 Å². The summed E-state index contributed by atoms with van der Waals surface area (Å²) in [5.41, 5.74) is 2.32. The number of hydrogen-bond acceptors (Lipinski definition) is 4. The van der Waals surface area contributed by atoms with Gasteiger partial charge in [0.05, 0.1) is 19.2 Å². The van der Waals surface area contributed by atoms with E-state index in [-0.39, 0.29) is 18.5 Å². The number of benzene rings is 2. The lowest BCUT2D eigenvalue weighted by molar-refractivity contribution is -0.128. The summed E-state index contributed by atoms with van der Waals surface area (Å²) in [6.07, 6.45) is 1.28. The van der Waals surface area contributed by atoms with Crippen LogP contribution in [0.25, 0.3) is 0 Å². The topological polar surface area (TPSA) is 75.7 Å². The molecule has 0 spiro atoms. The number of nitrogens with zero attached hydrogens (tertiary/aromatic N) is 1. The molecule has 1 saturated heterocycles. The number of nitrogens with one attached hydrogen (secondary N) is 1. The van der Waals surface area contributed by atoms with Crippen LogP contribution in [-0.4, -0.2) is 36.0 Å². The SMILES string of the molecule is COC(=O)c1ccc(CN2C(=O)N[C@H](CCc3ccccc3)C2=O)cc1. The van der Waals surface area contributed by atoms with E-state index in [1.54, 1.807) is 24.3 Å². The van der Waals surface area contributed by atoms with E-state index >= 15 is 0 Å². The maximum atomic E-state index is 12.5. The summed E-state index contributed by atoms with van der Waals surface area (Å²) in [5.74, 6) is -0.643. The van der Waals surface area contributed by atoms with Gasteiger partial charge in [0.15, 0.2) is 0 Å². The minimum absolute atomic E-state index is 0.175. The van der Waals surface area contributed by atoms with E-state index in [4.69, 9.17) is 0 Å². The number of methoxy groups -OCH3 is 1. The van der Waals surface area contributed by atoms with Gasteiger partial charge in [-0.05, 0) is 36.1 Å². The second kappa shape index (κ2) is 7.82. The zero-order valence-electron chi connectivity index (χ0n) is 14.5. The van der Waals surface area contributed by atoms with Crippen molar-refractivity contribution in [1.82, 2.24) is 10.2 Å². The largest absolute Gasteiger partial charge is 0.465 e. The molecule has 1 aliphatic rings. The third kappa shape index (κ3) is 3.91. The lowest BCUT2D eigenvalue weighted by Crippen LogP contribution is -2.31. The van der Waals surface area contributed by atoms with Gasteiger partial charge in [-0.15, -0.1) is 0 Å². The van der Waals surface area contributed by atoms with E-state index in [1.807, 2.05) is 30.3 Å². The number of amides is 3. The fraction of sp³-hybridized carbons (Fsp3) is 0.250. The number of urea groups is 1. The second-order valence-electron chi connectivity index (χ2n) is 6.14. The average molecular weight is 352 g/mol. The van der Waals surface area contributed by atoms with Crippen molar-refractivity contribution in [3.05, 3.63) is 71.3 Å². The predicted molar refractivity (Wildman–Crippen MR) is 95.4 cm³/mol. The highest BCUT2D eigenvalue weighted by Gasteiger charge is 2.37. The van der Waals surface area contributed by atoms with Crippen molar-refractivity contribution in [2.45, 2.75) is 25.4 Å². The Morgan fingerprint density at radius 3 is 2.38 bits per heavy atom. The number of rotatable bonds is 6. The Labute approximate surface area is 151 Å². The molecule has 0 radical (unpaired) electrons. The van der Waals surface area contributed by atoms with Crippen LogP contribution < -0.4 is 5.32 Å². The quantitative estimate of drug-likeness (QED) is 0.640. The number of carbonyl (C=O) groups is 3. The third-order valence-electron chi connectivity index (χ3n) is 4.39. The summed E-state index contributed by atoms with van der Waals surface area (Å²) < 4.78 is 4.65. The van der Waals surface area contributed by atoms with E-state index in [0.717, 1.165) is 17.5 Å². The number of hydrogen-bond donors (Lipinski definition) is 1. The van der Waals surface area contributed by atoms with Gasteiger partial charge in [-0.2, -0.15) is 0 Å². The Bertz CT molecular complexity index is 802. The summed E-state index contributed by atoms with van der Waals surface area (Å²) in [7, 11) is 1.32. The Balaban J connectivity index is 1.61. The van der Waals surface area contributed by atoms with Crippen LogP contribution in [0.4, 0.5) is 4.79 Å². The number of ether oxygens (including phenoxy) is 1. The molecule has 6 nitrogen and oxygen atoms in total. The molecule has 0 unspecified atom stereocenters. The molecule has 1 N–H and O–H groups in total. The van der Waals surface area contributed by atoms with E-state index in [9.17, 15) is 14.4 Å². The van der Waals surface area contributed by atoms with Crippen LogP contribution in [0.15, 0.2) is 54.6 Å². The van der Waals surface area contributed by atoms with Gasteiger partial charge < -0.3 is 10.1 Å². The van der Waals surface area contributed by atoms with E-state index in [0.29, 0.717) is 12.0 Å². The first-order valence-corrected chi connectivity index (χ1v) is 8.41. The highest BCUT2D eigenvalue weighted by molar-refractivity contribution is 6.04. The zero-order chi connectivity index (χ0) is 18.5. The third-order valence-corrected chi connectivity index (χ3v) is 4.39. The fourth-order valence-corrected chi connectivity index (χ4v) is 2.92. The zero-order valence-corrected chi connectivity index (χ0v) is 14.5. The minimum Gasteiger partial charge on any atom is -0.465 e. The normalized spacial score (nSPS) is 16.5. The standard InChI is InChI=1S/C20H20N2O4/c1-26-19(24)16-10-7-15(8-11-16)13-22-18(23)17(21-20(22)25)12-9-14-5-3-2-4-6-14/h2-8,10-11,17H,9,12-13H2,1H3,(H,21,25)/t17-/m1/s1. The number of imide groups is 1. The smallest absolute Gasteiger partial charge is 0.337 e. The Morgan fingerprint density at radius 1 is 1.04 bits per heavy atom. The first-order chi connectivity index (χ1) is 12.6. The molecular weight excluding hydrogens is 332 g/mol. The van der Waals surface area contributed by atoms with Gasteiger partial charge >= 0.3 is 12.0 Å². The molecule has 1 fully saturated rings. The van der Waals surface area contributed by atoms with Gasteiger partial charge in [-0.3, -0.25) is 9.69 Å². The van der Waals surface area contributed by atoms with E-state index in [2.05, 4.69) is 10.1 Å². The highest BCUT2D eigenvalue weighted by Crippen LogP contribution is 2.16. The summed E-state index contributed by atoms with van der Waals surface area (Å²) in [6, 6.07) is 15.6. The number of esters is 1. The number of aryl methyl sites for hydroxylation is 1. The van der Waals surface area contributed by atoms with Crippen LogP contribution in [-0.2, 0) is 22.5 Å². The first kappa shape index (κ1) is 17.7. The van der Waals surface area contributed by atoms with Gasteiger partial charge in [0, 0.05) is 0 Å². The van der Waals surface area contributed by atoms with Gasteiger partial charge in [0.1, 0.15) is 6.04 Å². The van der Waals surface area contributed by atoms with Gasteiger partial charge in [0.2, 0.25) is 0 Å². The molecule has 6 heteroatoms. The molecule has 0 aliphatic carbocycles. The first-order valence-electron chi connectivity index (χ1n) is 8.41. The highest BCUT2D eigenvalue weighted by atomic mass is 16.5. The Hall–Kier alpha value is -3.15. The molecule has 0 saturated carbocycles. The molecule has 2 aromatic carbocycles. The van der Waals surface area contributed by atoms with Crippen LogP contribution in [0, 0.1) is 0 Å². The maximum absolute atomic E-state index is 12.5. The molecule has 2 aromatic rings. The Kier molecular flexibility index (Phi) is 5.31. The lowest BCUT2D eigenvalue weighted by atomic mass is 10.1. The minimum atomic E-state index is -0.503. The summed E-state index contributed by atoms with van der Waals surface area (Å²) in [6.45, 7) is 0.175. The molecule has 134 valence electrons. The van der Waals surface area contributed by atoms with Crippen molar-refractivity contribution < 1.29 is 19.1 Å². The predicted octanol–water partition coefficient (Wildman–Crippen LogP) is 2.53. The van der Waals surface area contributed by atoms with Crippen LogP contribution in [0.2, 0.25) is 0 Å².